The average Bonchev–Trinajstić information content (AvgIpc) is 3.11. The fourth-order valence-electron chi connectivity index (χ4n) is 1.80. The van der Waals surface area contributed by atoms with Crippen LogP contribution in [-0.4, -0.2) is 13.2 Å². The third-order valence-electron chi connectivity index (χ3n) is 2.96. The van der Waals surface area contributed by atoms with Gasteiger partial charge in [-0.2, -0.15) is 0 Å². The molecule has 3 heteroatoms. The molecular formula is C14H21NO2. The molecule has 94 valence electrons. The van der Waals surface area contributed by atoms with Gasteiger partial charge in [0.25, 0.3) is 0 Å². The van der Waals surface area contributed by atoms with E-state index in [-0.39, 0.29) is 6.04 Å². The van der Waals surface area contributed by atoms with E-state index in [2.05, 4.69) is 0 Å². The first-order chi connectivity index (χ1) is 8.22. The van der Waals surface area contributed by atoms with Crippen molar-refractivity contribution in [1.29, 1.82) is 0 Å². The molecule has 1 aliphatic carbocycles. The fourth-order valence-corrected chi connectivity index (χ4v) is 1.80. The highest BCUT2D eigenvalue weighted by molar-refractivity contribution is 5.48. The lowest BCUT2D eigenvalue weighted by Crippen LogP contribution is -2.10. The van der Waals surface area contributed by atoms with Crippen LogP contribution in [0.4, 0.5) is 0 Å². The van der Waals surface area contributed by atoms with Gasteiger partial charge >= 0.3 is 0 Å². The summed E-state index contributed by atoms with van der Waals surface area (Å²) in [4.78, 5) is 0. The lowest BCUT2D eigenvalue weighted by atomic mass is 10.1. The van der Waals surface area contributed by atoms with Crippen molar-refractivity contribution in [1.82, 2.24) is 0 Å². The van der Waals surface area contributed by atoms with Crippen LogP contribution < -0.4 is 15.2 Å². The Kier molecular flexibility index (Phi) is 3.89. The molecule has 0 bridgehead atoms. The smallest absolute Gasteiger partial charge is 0.165 e. The number of hydrogen-bond acceptors (Lipinski definition) is 3. The maximum atomic E-state index is 5.95. The van der Waals surface area contributed by atoms with Crippen LogP contribution >= 0.6 is 0 Å². The van der Waals surface area contributed by atoms with Crippen LogP contribution in [0, 0.1) is 5.92 Å². The van der Waals surface area contributed by atoms with E-state index in [4.69, 9.17) is 15.2 Å². The first-order valence-corrected chi connectivity index (χ1v) is 6.36. The van der Waals surface area contributed by atoms with Gasteiger partial charge in [0.05, 0.1) is 13.2 Å². The van der Waals surface area contributed by atoms with Gasteiger partial charge in [-0.15, -0.1) is 0 Å². The summed E-state index contributed by atoms with van der Waals surface area (Å²) < 4.78 is 11.5. The molecule has 17 heavy (non-hydrogen) atoms. The van der Waals surface area contributed by atoms with Crippen LogP contribution in [0.5, 0.6) is 11.5 Å². The molecule has 1 atom stereocenters. The van der Waals surface area contributed by atoms with Gasteiger partial charge in [-0.1, -0.05) is 12.1 Å². The number of rotatable bonds is 6. The van der Waals surface area contributed by atoms with Gasteiger partial charge in [-0.25, -0.2) is 0 Å². The van der Waals surface area contributed by atoms with E-state index in [1.807, 2.05) is 32.0 Å². The minimum atomic E-state index is -0.0407. The van der Waals surface area contributed by atoms with Crippen molar-refractivity contribution in [2.45, 2.75) is 32.7 Å². The van der Waals surface area contributed by atoms with Crippen molar-refractivity contribution in [3.8, 4) is 11.5 Å². The lowest BCUT2D eigenvalue weighted by Gasteiger charge is -2.17. The van der Waals surface area contributed by atoms with Crippen molar-refractivity contribution >= 4 is 0 Å². The highest BCUT2D eigenvalue weighted by Crippen LogP contribution is 2.36. The Morgan fingerprint density at radius 3 is 2.71 bits per heavy atom. The molecule has 0 aromatic heterocycles. The zero-order chi connectivity index (χ0) is 12.3. The van der Waals surface area contributed by atoms with Crippen LogP contribution in [0.1, 0.15) is 38.3 Å². The largest absolute Gasteiger partial charge is 0.490 e. The molecule has 1 saturated carbocycles. The minimum Gasteiger partial charge on any atom is -0.490 e. The Labute approximate surface area is 103 Å². The number of para-hydroxylation sites is 1. The number of ether oxygens (including phenoxy) is 2. The molecule has 1 unspecified atom stereocenters. The predicted molar refractivity (Wildman–Crippen MR) is 68.4 cm³/mol. The van der Waals surface area contributed by atoms with Crippen LogP contribution in [0.2, 0.25) is 0 Å². The number of hydrogen-bond donors (Lipinski definition) is 1. The van der Waals surface area contributed by atoms with Crippen molar-refractivity contribution < 1.29 is 9.47 Å². The molecule has 3 nitrogen and oxygen atoms in total. The molecule has 1 aromatic carbocycles. The number of nitrogens with two attached hydrogens (primary N) is 1. The van der Waals surface area contributed by atoms with Crippen LogP contribution in [0.25, 0.3) is 0 Å². The first kappa shape index (κ1) is 12.2. The second kappa shape index (κ2) is 5.41. The molecular weight excluding hydrogens is 214 g/mol. The Balaban J connectivity index is 2.18. The van der Waals surface area contributed by atoms with Gasteiger partial charge < -0.3 is 15.2 Å². The van der Waals surface area contributed by atoms with Crippen molar-refractivity contribution in [2.24, 2.45) is 11.7 Å². The zero-order valence-corrected chi connectivity index (χ0v) is 10.6. The SMILES string of the molecule is CCOc1c(OCC2CC2)cccc1C(C)N. The lowest BCUT2D eigenvalue weighted by molar-refractivity contribution is 0.264. The molecule has 0 amide bonds. The Bertz CT molecular complexity index is 372. The van der Waals surface area contributed by atoms with Gasteiger partial charge in [-0.3, -0.25) is 0 Å². The first-order valence-electron chi connectivity index (χ1n) is 6.36. The summed E-state index contributed by atoms with van der Waals surface area (Å²) in [5.74, 6) is 2.38. The van der Waals surface area contributed by atoms with Gasteiger partial charge in [0, 0.05) is 11.6 Å². The highest BCUT2D eigenvalue weighted by atomic mass is 16.5. The number of benzene rings is 1. The van der Waals surface area contributed by atoms with Gasteiger partial charge in [0.2, 0.25) is 0 Å². The van der Waals surface area contributed by atoms with E-state index in [0.717, 1.165) is 29.6 Å². The summed E-state index contributed by atoms with van der Waals surface area (Å²) in [5.41, 5.74) is 6.96. The van der Waals surface area contributed by atoms with Crippen molar-refractivity contribution in [3.63, 3.8) is 0 Å². The van der Waals surface area contributed by atoms with Gasteiger partial charge in [0.1, 0.15) is 0 Å². The molecule has 2 rings (SSSR count). The molecule has 1 fully saturated rings. The van der Waals surface area contributed by atoms with Crippen LogP contribution in [-0.2, 0) is 0 Å². The van der Waals surface area contributed by atoms with Crippen molar-refractivity contribution in [3.05, 3.63) is 23.8 Å². The second-order valence-corrected chi connectivity index (χ2v) is 4.65. The molecule has 0 aliphatic heterocycles. The molecule has 0 radical (unpaired) electrons. The maximum absolute atomic E-state index is 5.95. The summed E-state index contributed by atoms with van der Waals surface area (Å²) in [7, 11) is 0. The monoisotopic (exact) mass is 235 g/mol. The van der Waals surface area contributed by atoms with Gasteiger partial charge in [-0.05, 0) is 38.7 Å². The molecule has 0 spiro atoms. The van der Waals surface area contributed by atoms with Crippen molar-refractivity contribution in [2.75, 3.05) is 13.2 Å². The second-order valence-electron chi connectivity index (χ2n) is 4.65. The van der Waals surface area contributed by atoms with E-state index >= 15 is 0 Å². The maximum Gasteiger partial charge on any atom is 0.165 e. The summed E-state index contributed by atoms with van der Waals surface area (Å²) >= 11 is 0. The van der Waals surface area contributed by atoms with E-state index in [9.17, 15) is 0 Å². The Morgan fingerprint density at radius 1 is 1.35 bits per heavy atom. The summed E-state index contributed by atoms with van der Waals surface area (Å²) in [6, 6.07) is 5.89. The Morgan fingerprint density at radius 2 is 2.12 bits per heavy atom. The van der Waals surface area contributed by atoms with Crippen LogP contribution in [0.15, 0.2) is 18.2 Å². The third-order valence-corrected chi connectivity index (χ3v) is 2.96. The average molecular weight is 235 g/mol. The summed E-state index contributed by atoms with van der Waals surface area (Å²) in [6.07, 6.45) is 2.58. The van der Waals surface area contributed by atoms with E-state index < -0.39 is 0 Å². The third kappa shape index (κ3) is 3.13. The molecule has 0 saturated heterocycles. The molecule has 0 heterocycles. The van der Waals surface area contributed by atoms with E-state index in [0.29, 0.717) is 6.61 Å². The topological polar surface area (TPSA) is 44.5 Å². The molecule has 1 aromatic rings. The van der Waals surface area contributed by atoms with Crippen LogP contribution in [0.3, 0.4) is 0 Å². The standard InChI is InChI=1S/C14H21NO2/c1-3-16-14-12(10(2)15)5-4-6-13(14)17-9-11-7-8-11/h4-6,10-11H,3,7-9,15H2,1-2H3. The normalized spacial score (nSPS) is 16.6. The minimum absolute atomic E-state index is 0.0407. The summed E-state index contributed by atoms with van der Waals surface area (Å²) in [6.45, 7) is 5.36. The highest BCUT2D eigenvalue weighted by Gasteiger charge is 2.23. The zero-order valence-electron chi connectivity index (χ0n) is 10.6. The molecule has 2 N–H and O–H groups in total. The fraction of sp³-hybridized carbons (Fsp3) is 0.571. The van der Waals surface area contributed by atoms with Gasteiger partial charge in [0.15, 0.2) is 11.5 Å². The van der Waals surface area contributed by atoms with E-state index in [1.54, 1.807) is 0 Å². The quantitative estimate of drug-likeness (QED) is 0.824. The van der Waals surface area contributed by atoms with E-state index in [1.165, 1.54) is 12.8 Å². The Hall–Kier alpha value is -1.22. The molecule has 1 aliphatic rings. The summed E-state index contributed by atoms with van der Waals surface area (Å²) in [5, 5.41) is 0. The predicted octanol–water partition coefficient (Wildman–Crippen LogP) is 2.89.